The molecule has 120 valence electrons. The summed E-state index contributed by atoms with van der Waals surface area (Å²) < 4.78 is 7.76. The second-order valence-corrected chi connectivity index (χ2v) is 6.40. The van der Waals surface area contributed by atoms with E-state index in [1.54, 1.807) is 18.9 Å². The van der Waals surface area contributed by atoms with Crippen LogP contribution in [0.4, 0.5) is 5.69 Å². The molecule has 5 heteroatoms. The molecule has 0 bridgehead atoms. The SMILES string of the molecule is CCCCNCC(C)(O)COc1ccc(N(C)SC)cc1. The predicted molar refractivity (Wildman–Crippen MR) is 92.3 cm³/mol. The first-order valence-electron chi connectivity index (χ1n) is 7.42. The van der Waals surface area contributed by atoms with E-state index in [1.165, 1.54) is 0 Å². The van der Waals surface area contributed by atoms with Crippen LogP contribution in [0.2, 0.25) is 0 Å². The van der Waals surface area contributed by atoms with Gasteiger partial charge in [0.2, 0.25) is 0 Å². The third-order valence-corrected chi connectivity index (χ3v) is 4.00. The first kappa shape index (κ1) is 18.1. The highest BCUT2D eigenvalue weighted by Gasteiger charge is 2.20. The van der Waals surface area contributed by atoms with Crippen molar-refractivity contribution in [2.45, 2.75) is 32.3 Å². The zero-order chi connectivity index (χ0) is 15.7. The number of rotatable bonds is 10. The van der Waals surface area contributed by atoms with Crippen LogP contribution in [0.3, 0.4) is 0 Å². The Morgan fingerprint density at radius 2 is 2.00 bits per heavy atom. The Morgan fingerprint density at radius 3 is 2.57 bits per heavy atom. The fourth-order valence-corrected chi connectivity index (χ4v) is 2.14. The highest BCUT2D eigenvalue weighted by molar-refractivity contribution is 7.99. The van der Waals surface area contributed by atoms with Gasteiger partial charge in [0.25, 0.3) is 0 Å². The lowest BCUT2D eigenvalue weighted by Gasteiger charge is -2.24. The minimum atomic E-state index is -0.859. The van der Waals surface area contributed by atoms with Gasteiger partial charge >= 0.3 is 0 Å². The number of anilines is 1. The lowest BCUT2D eigenvalue weighted by atomic mass is 10.1. The summed E-state index contributed by atoms with van der Waals surface area (Å²) in [6.45, 7) is 5.70. The van der Waals surface area contributed by atoms with Crippen molar-refractivity contribution in [1.82, 2.24) is 5.32 Å². The summed E-state index contributed by atoms with van der Waals surface area (Å²) in [5.74, 6) is 0.780. The maximum Gasteiger partial charge on any atom is 0.119 e. The van der Waals surface area contributed by atoms with Gasteiger partial charge < -0.3 is 19.5 Å². The van der Waals surface area contributed by atoms with Gasteiger partial charge in [-0.15, -0.1) is 0 Å². The monoisotopic (exact) mass is 312 g/mol. The van der Waals surface area contributed by atoms with Gasteiger partial charge in [-0.05, 0) is 44.2 Å². The Bertz CT molecular complexity index is 396. The first-order chi connectivity index (χ1) is 9.98. The van der Waals surface area contributed by atoms with Crippen LogP contribution < -0.4 is 14.4 Å². The van der Waals surface area contributed by atoms with E-state index in [0.29, 0.717) is 6.54 Å². The van der Waals surface area contributed by atoms with E-state index in [1.807, 2.05) is 37.6 Å². The molecule has 0 aromatic heterocycles. The molecule has 2 N–H and O–H groups in total. The molecule has 0 aliphatic carbocycles. The van der Waals surface area contributed by atoms with E-state index >= 15 is 0 Å². The number of nitrogens with one attached hydrogen (secondary N) is 1. The summed E-state index contributed by atoms with van der Waals surface area (Å²) in [4.78, 5) is 0. The van der Waals surface area contributed by atoms with Crippen molar-refractivity contribution < 1.29 is 9.84 Å². The summed E-state index contributed by atoms with van der Waals surface area (Å²) in [5.41, 5.74) is 0.269. The standard InChI is InChI=1S/C16H28N2O2S/c1-5-6-11-17-12-16(2,19)13-20-15-9-7-14(8-10-15)18(3)21-4/h7-10,17,19H,5-6,11-13H2,1-4H3. The first-order valence-corrected chi connectivity index (χ1v) is 8.60. The summed E-state index contributed by atoms with van der Waals surface area (Å²) in [6.07, 6.45) is 4.32. The molecular weight excluding hydrogens is 284 g/mol. The van der Waals surface area contributed by atoms with Crippen molar-refractivity contribution in [2.24, 2.45) is 0 Å². The number of aliphatic hydroxyl groups is 1. The van der Waals surface area contributed by atoms with Gasteiger partial charge in [0.1, 0.15) is 18.0 Å². The van der Waals surface area contributed by atoms with E-state index < -0.39 is 5.60 Å². The molecule has 4 nitrogen and oxygen atoms in total. The topological polar surface area (TPSA) is 44.7 Å². The molecule has 1 aromatic carbocycles. The zero-order valence-electron chi connectivity index (χ0n) is 13.6. The van der Waals surface area contributed by atoms with E-state index in [9.17, 15) is 5.11 Å². The van der Waals surface area contributed by atoms with E-state index in [2.05, 4.69) is 16.5 Å². The Kier molecular flexibility index (Phi) is 7.93. The Hall–Kier alpha value is -0.910. The van der Waals surface area contributed by atoms with Gasteiger partial charge in [0, 0.05) is 25.5 Å². The lowest BCUT2D eigenvalue weighted by Crippen LogP contribution is -2.43. The zero-order valence-corrected chi connectivity index (χ0v) is 14.4. The maximum absolute atomic E-state index is 10.3. The summed E-state index contributed by atoms with van der Waals surface area (Å²) in [7, 11) is 2.02. The van der Waals surface area contributed by atoms with Crippen molar-refractivity contribution in [3.8, 4) is 5.75 Å². The number of hydrogen-bond donors (Lipinski definition) is 2. The molecule has 0 radical (unpaired) electrons. The molecule has 1 rings (SSSR count). The van der Waals surface area contributed by atoms with E-state index in [4.69, 9.17) is 4.74 Å². The van der Waals surface area contributed by atoms with Gasteiger partial charge in [0.05, 0.1) is 0 Å². The molecule has 0 spiro atoms. The number of unbranched alkanes of at least 4 members (excludes halogenated alkanes) is 1. The maximum atomic E-state index is 10.3. The smallest absolute Gasteiger partial charge is 0.119 e. The molecule has 0 heterocycles. The van der Waals surface area contributed by atoms with Crippen molar-refractivity contribution >= 4 is 17.6 Å². The summed E-state index contributed by atoms with van der Waals surface area (Å²) >= 11 is 1.66. The van der Waals surface area contributed by atoms with Crippen LogP contribution in [0.5, 0.6) is 5.75 Å². The number of hydrogen-bond acceptors (Lipinski definition) is 5. The third kappa shape index (κ3) is 7.07. The van der Waals surface area contributed by atoms with Gasteiger partial charge in [-0.1, -0.05) is 25.3 Å². The van der Waals surface area contributed by atoms with Crippen molar-refractivity contribution in [3.05, 3.63) is 24.3 Å². The quantitative estimate of drug-likeness (QED) is 0.514. The second kappa shape index (κ2) is 9.18. The molecule has 1 atom stereocenters. The molecule has 0 aliphatic heterocycles. The minimum Gasteiger partial charge on any atom is -0.491 e. The van der Waals surface area contributed by atoms with Gasteiger partial charge in [-0.3, -0.25) is 0 Å². The molecule has 21 heavy (non-hydrogen) atoms. The molecule has 0 fully saturated rings. The molecular formula is C16H28N2O2S. The van der Waals surface area contributed by atoms with Crippen LogP contribution in [-0.2, 0) is 0 Å². The van der Waals surface area contributed by atoms with Crippen molar-refractivity contribution in [1.29, 1.82) is 0 Å². The van der Waals surface area contributed by atoms with Gasteiger partial charge in [-0.2, -0.15) is 0 Å². The number of benzene rings is 1. The van der Waals surface area contributed by atoms with Crippen LogP contribution in [0.25, 0.3) is 0 Å². The average molecular weight is 312 g/mol. The fraction of sp³-hybridized carbons (Fsp3) is 0.625. The molecule has 0 saturated carbocycles. The normalized spacial score (nSPS) is 13.8. The lowest BCUT2D eigenvalue weighted by molar-refractivity contribution is 0.0124. The molecule has 0 saturated heterocycles. The van der Waals surface area contributed by atoms with Crippen molar-refractivity contribution in [3.63, 3.8) is 0 Å². The molecule has 0 amide bonds. The third-order valence-electron chi connectivity index (χ3n) is 3.24. The van der Waals surface area contributed by atoms with Crippen molar-refractivity contribution in [2.75, 3.05) is 37.3 Å². The molecule has 1 unspecified atom stereocenters. The van der Waals surface area contributed by atoms with E-state index in [-0.39, 0.29) is 6.61 Å². The fourth-order valence-electron chi connectivity index (χ4n) is 1.81. The molecule has 1 aromatic rings. The van der Waals surface area contributed by atoms with Crippen LogP contribution in [0.1, 0.15) is 26.7 Å². The van der Waals surface area contributed by atoms with E-state index in [0.717, 1.165) is 30.8 Å². The highest BCUT2D eigenvalue weighted by atomic mass is 32.2. The number of ether oxygens (including phenoxy) is 1. The Labute approximate surface area is 133 Å². The van der Waals surface area contributed by atoms with Gasteiger partial charge in [0.15, 0.2) is 0 Å². The predicted octanol–water partition coefficient (Wildman–Crippen LogP) is 2.92. The summed E-state index contributed by atoms with van der Waals surface area (Å²) in [6, 6.07) is 7.89. The van der Waals surface area contributed by atoms with Gasteiger partial charge in [-0.25, -0.2) is 0 Å². The van der Waals surface area contributed by atoms with Crippen LogP contribution in [0, 0.1) is 0 Å². The Morgan fingerprint density at radius 1 is 1.33 bits per heavy atom. The minimum absolute atomic E-state index is 0.282. The highest BCUT2D eigenvalue weighted by Crippen LogP contribution is 2.22. The largest absolute Gasteiger partial charge is 0.491 e. The average Bonchev–Trinajstić information content (AvgIpc) is 2.49. The molecule has 0 aliphatic rings. The van der Waals surface area contributed by atoms with Crippen LogP contribution in [-0.4, -0.2) is 43.7 Å². The van der Waals surface area contributed by atoms with Crippen LogP contribution >= 0.6 is 11.9 Å². The van der Waals surface area contributed by atoms with Crippen LogP contribution in [0.15, 0.2) is 24.3 Å². The summed E-state index contributed by atoms with van der Waals surface area (Å²) in [5, 5.41) is 13.5. The second-order valence-electron chi connectivity index (χ2n) is 5.49. The number of nitrogens with zero attached hydrogens (tertiary/aromatic N) is 1. The Balaban J connectivity index is 2.39.